The van der Waals surface area contributed by atoms with E-state index in [1.54, 1.807) is 34.1 Å². The topological polar surface area (TPSA) is 80.0 Å². The number of carbonyl (C=O) groups excluding carboxylic acids is 1. The summed E-state index contributed by atoms with van der Waals surface area (Å²) in [6.45, 7) is 2.78. The molecule has 1 fully saturated rings. The maximum atomic E-state index is 12.9. The standard InChI is InChI=1S/C18H17N7OS/c1-23-16-13(9-22-23)17(20-10-19-16)24-4-6-25(7-5-24)18(26)12-2-3-14-15(8-12)27-11-21-14/h2-3,8-11H,4-7H2,1H3. The minimum absolute atomic E-state index is 0.0687. The van der Waals surface area contributed by atoms with Gasteiger partial charge >= 0.3 is 0 Å². The lowest BCUT2D eigenvalue weighted by molar-refractivity contribution is 0.0747. The molecule has 0 saturated carbocycles. The van der Waals surface area contributed by atoms with Crippen LogP contribution < -0.4 is 4.90 Å². The predicted molar refractivity (Wildman–Crippen MR) is 104 cm³/mol. The highest BCUT2D eigenvalue weighted by molar-refractivity contribution is 7.16. The van der Waals surface area contributed by atoms with Crippen LogP contribution in [0.2, 0.25) is 0 Å². The molecule has 4 heterocycles. The van der Waals surface area contributed by atoms with Gasteiger partial charge in [-0.1, -0.05) is 0 Å². The Morgan fingerprint density at radius 2 is 1.96 bits per heavy atom. The smallest absolute Gasteiger partial charge is 0.254 e. The van der Waals surface area contributed by atoms with Gasteiger partial charge in [0.1, 0.15) is 12.1 Å². The molecule has 3 aromatic heterocycles. The van der Waals surface area contributed by atoms with Crippen molar-refractivity contribution >= 4 is 44.3 Å². The Hall–Kier alpha value is -3.07. The zero-order chi connectivity index (χ0) is 18.4. The first-order valence-corrected chi connectivity index (χ1v) is 9.59. The normalized spacial score (nSPS) is 15.0. The number of nitrogens with zero attached hydrogens (tertiary/aromatic N) is 7. The molecule has 0 spiro atoms. The molecule has 1 aromatic carbocycles. The lowest BCUT2D eigenvalue weighted by atomic mass is 10.1. The first-order chi connectivity index (χ1) is 13.2. The van der Waals surface area contributed by atoms with Crippen molar-refractivity contribution < 1.29 is 4.79 Å². The Kier molecular flexibility index (Phi) is 3.75. The SMILES string of the molecule is Cn1ncc2c(N3CCN(C(=O)c4ccc5ncsc5c4)CC3)ncnc21. The number of hydrogen-bond acceptors (Lipinski definition) is 7. The molecule has 8 nitrogen and oxygen atoms in total. The van der Waals surface area contributed by atoms with Crippen molar-refractivity contribution in [3.63, 3.8) is 0 Å². The van der Waals surface area contributed by atoms with Gasteiger partial charge in [0, 0.05) is 38.8 Å². The molecular weight excluding hydrogens is 362 g/mol. The van der Waals surface area contributed by atoms with E-state index in [-0.39, 0.29) is 5.91 Å². The van der Waals surface area contributed by atoms with Gasteiger partial charge < -0.3 is 9.80 Å². The van der Waals surface area contributed by atoms with Gasteiger partial charge in [-0.2, -0.15) is 5.10 Å². The summed E-state index contributed by atoms with van der Waals surface area (Å²) in [5.74, 6) is 0.949. The molecule has 0 atom stereocenters. The summed E-state index contributed by atoms with van der Waals surface area (Å²) in [6, 6.07) is 5.71. The molecule has 0 unspecified atom stereocenters. The number of rotatable bonds is 2. The number of carbonyl (C=O) groups is 1. The van der Waals surface area contributed by atoms with Gasteiger partial charge in [0.2, 0.25) is 0 Å². The van der Waals surface area contributed by atoms with Crippen molar-refractivity contribution in [1.82, 2.24) is 29.6 Å². The van der Waals surface area contributed by atoms with E-state index in [9.17, 15) is 4.79 Å². The fourth-order valence-electron chi connectivity index (χ4n) is 3.49. The zero-order valence-electron chi connectivity index (χ0n) is 14.7. The van der Waals surface area contributed by atoms with Crippen molar-refractivity contribution in [2.45, 2.75) is 0 Å². The second-order valence-electron chi connectivity index (χ2n) is 6.52. The summed E-state index contributed by atoms with van der Waals surface area (Å²) in [5.41, 5.74) is 4.28. The molecule has 136 valence electrons. The van der Waals surface area contributed by atoms with Crippen molar-refractivity contribution in [3.8, 4) is 0 Å². The van der Waals surface area contributed by atoms with E-state index < -0.39 is 0 Å². The van der Waals surface area contributed by atoms with Crippen LogP contribution in [0.4, 0.5) is 5.82 Å². The third-order valence-corrected chi connectivity index (χ3v) is 5.74. The van der Waals surface area contributed by atoms with E-state index in [2.05, 4.69) is 25.0 Å². The van der Waals surface area contributed by atoms with Crippen molar-refractivity contribution in [2.75, 3.05) is 31.1 Å². The average Bonchev–Trinajstić information content (AvgIpc) is 3.33. The Morgan fingerprint density at radius 1 is 1.11 bits per heavy atom. The number of hydrogen-bond donors (Lipinski definition) is 0. The summed E-state index contributed by atoms with van der Waals surface area (Å²) in [6.07, 6.45) is 3.37. The lowest BCUT2D eigenvalue weighted by Crippen LogP contribution is -2.49. The van der Waals surface area contributed by atoms with Crippen molar-refractivity contribution in [3.05, 3.63) is 41.8 Å². The van der Waals surface area contributed by atoms with Crippen molar-refractivity contribution in [1.29, 1.82) is 0 Å². The summed E-state index contributed by atoms with van der Waals surface area (Å²) < 4.78 is 2.79. The third-order valence-electron chi connectivity index (χ3n) is 4.95. The van der Waals surface area contributed by atoms with Gasteiger partial charge in [0.25, 0.3) is 5.91 Å². The monoisotopic (exact) mass is 379 g/mol. The molecule has 1 amide bonds. The second kappa shape index (κ2) is 6.27. The molecule has 0 N–H and O–H groups in total. The molecule has 0 aliphatic carbocycles. The number of aromatic nitrogens is 5. The van der Waals surface area contributed by atoms with Gasteiger partial charge in [-0.15, -0.1) is 11.3 Å². The van der Waals surface area contributed by atoms with Crippen LogP contribution in [0, 0.1) is 0 Å². The maximum Gasteiger partial charge on any atom is 0.254 e. The highest BCUT2D eigenvalue weighted by Gasteiger charge is 2.24. The zero-order valence-corrected chi connectivity index (χ0v) is 15.6. The van der Waals surface area contributed by atoms with Gasteiger partial charge in [-0.25, -0.2) is 15.0 Å². The minimum atomic E-state index is 0.0687. The first-order valence-electron chi connectivity index (χ1n) is 8.71. The molecule has 1 aliphatic rings. The van der Waals surface area contributed by atoms with E-state index in [1.807, 2.05) is 30.1 Å². The Balaban J connectivity index is 1.34. The third kappa shape index (κ3) is 2.71. The number of amides is 1. The molecular formula is C18H17N7OS. The molecule has 27 heavy (non-hydrogen) atoms. The summed E-state index contributed by atoms with van der Waals surface area (Å²) in [4.78, 5) is 30.0. The van der Waals surface area contributed by atoms with Crippen LogP contribution in [-0.2, 0) is 7.05 Å². The van der Waals surface area contributed by atoms with E-state index in [1.165, 1.54) is 0 Å². The predicted octanol–water partition coefficient (Wildman–Crippen LogP) is 1.94. The Labute approximate surface area is 159 Å². The molecule has 9 heteroatoms. The summed E-state index contributed by atoms with van der Waals surface area (Å²) >= 11 is 1.55. The minimum Gasteiger partial charge on any atom is -0.352 e. The Bertz CT molecular complexity index is 1140. The molecule has 1 saturated heterocycles. The first kappa shape index (κ1) is 16.1. The van der Waals surface area contributed by atoms with Crippen LogP contribution in [0.15, 0.2) is 36.2 Å². The fraction of sp³-hybridized carbons (Fsp3) is 0.278. The molecule has 0 bridgehead atoms. The highest BCUT2D eigenvalue weighted by Crippen LogP contribution is 2.24. The summed E-state index contributed by atoms with van der Waals surface area (Å²) in [5, 5.41) is 5.21. The van der Waals surface area contributed by atoms with E-state index in [4.69, 9.17) is 0 Å². The van der Waals surface area contributed by atoms with Crippen LogP contribution in [0.1, 0.15) is 10.4 Å². The lowest BCUT2D eigenvalue weighted by Gasteiger charge is -2.35. The number of piperazine rings is 1. The van der Waals surface area contributed by atoms with E-state index in [0.29, 0.717) is 13.1 Å². The number of thiazole rings is 1. The van der Waals surface area contributed by atoms with Crippen LogP contribution in [0.3, 0.4) is 0 Å². The fourth-order valence-corrected chi connectivity index (χ4v) is 4.21. The van der Waals surface area contributed by atoms with Crippen LogP contribution in [-0.4, -0.2) is 61.7 Å². The quantitative estimate of drug-likeness (QED) is 0.529. The number of fused-ring (bicyclic) bond motifs is 2. The van der Waals surface area contributed by atoms with Crippen LogP contribution in [0.25, 0.3) is 21.3 Å². The molecule has 0 radical (unpaired) electrons. The van der Waals surface area contributed by atoms with Crippen molar-refractivity contribution in [2.24, 2.45) is 7.05 Å². The summed E-state index contributed by atoms with van der Waals surface area (Å²) in [7, 11) is 1.87. The molecule has 4 aromatic rings. The van der Waals surface area contributed by atoms with Crippen LogP contribution >= 0.6 is 11.3 Å². The van der Waals surface area contributed by atoms with E-state index in [0.717, 1.165) is 45.7 Å². The van der Waals surface area contributed by atoms with Gasteiger partial charge in [0.05, 0.1) is 27.3 Å². The molecule has 5 rings (SSSR count). The van der Waals surface area contributed by atoms with E-state index >= 15 is 0 Å². The number of anilines is 1. The maximum absolute atomic E-state index is 12.9. The van der Waals surface area contributed by atoms with Gasteiger partial charge in [0.15, 0.2) is 5.65 Å². The number of aryl methyl sites for hydroxylation is 1. The van der Waals surface area contributed by atoms with Gasteiger partial charge in [-0.05, 0) is 18.2 Å². The van der Waals surface area contributed by atoms with Crippen LogP contribution in [0.5, 0.6) is 0 Å². The highest BCUT2D eigenvalue weighted by atomic mass is 32.1. The second-order valence-corrected chi connectivity index (χ2v) is 7.40. The van der Waals surface area contributed by atoms with Gasteiger partial charge in [-0.3, -0.25) is 9.48 Å². The largest absolute Gasteiger partial charge is 0.352 e. The molecule has 1 aliphatic heterocycles. The Morgan fingerprint density at radius 3 is 2.81 bits per heavy atom. The number of benzene rings is 1. The average molecular weight is 379 g/mol.